The summed E-state index contributed by atoms with van der Waals surface area (Å²) in [5, 5.41) is 0. The first kappa shape index (κ1) is 16.0. The minimum atomic E-state index is 0.166. The maximum Gasteiger partial charge on any atom is 0.137 e. The molecule has 1 heterocycles. The lowest BCUT2D eigenvalue weighted by molar-refractivity contribution is -0.118. The van der Waals surface area contributed by atoms with Gasteiger partial charge < -0.3 is 0 Å². The van der Waals surface area contributed by atoms with Crippen LogP contribution in [0.2, 0.25) is 0 Å². The Balaban J connectivity index is 1.88. The monoisotopic (exact) mass is 300 g/mol. The first-order chi connectivity index (χ1) is 9.84. The first-order valence-corrected chi connectivity index (χ1v) is 8.33. The van der Waals surface area contributed by atoms with Crippen molar-refractivity contribution in [2.24, 2.45) is 0 Å². The van der Waals surface area contributed by atoms with E-state index >= 15 is 0 Å². The molecule has 0 saturated carbocycles. The van der Waals surface area contributed by atoms with Crippen LogP contribution < -0.4 is 0 Å². The Bertz CT molecular complexity index is 599. The summed E-state index contributed by atoms with van der Waals surface area (Å²) in [4.78, 5) is 14.7. The molecule has 1 nitrogen and oxygen atoms in total. The number of Topliss-reactive ketones (excluding diaryl/α,β-unsaturated/α-hetero) is 1. The van der Waals surface area contributed by atoms with Crippen molar-refractivity contribution >= 4 is 17.1 Å². The quantitative estimate of drug-likeness (QED) is 0.751. The van der Waals surface area contributed by atoms with E-state index in [2.05, 4.69) is 64.1 Å². The van der Waals surface area contributed by atoms with E-state index in [1.165, 1.54) is 15.3 Å². The molecule has 21 heavy (non-hydrogen) atoms. The van der Waals surface area contributed by atoms with E-state index in [9.17, 15) is 4.79 Å². The maximum atomic E-state index is 12.1. The molecule has 0 spiro atoms. The zero-order valence-electron chi connectivity index (χ0n) is 13.4. The van der Waals surface area contributed by atoms with Crippen LogP contribution in [0.5, 0.6) is 0 Å². The predicted octanol–water partition coefficient (Wildman–Crippen LogP) is 5.10. The number of thiophene rings is 1. The Morgan fingerprint density at radius 3 is 2.24 bits per heavy atom. The molecule has 0 unspecified atom stereocenters. The number of rotatable bonds is 5. The van der Waals surface area contributed by atoms with E-state index in [0.29, 0.717) is 18.6 Å². The van der Waals surface area contributed by atoms with Crippen molar-refractivity contribution in [2.75, 3.05) is 0 Å². The molecule has 0 radical (unpaired) electrons. The molecule has 0 aliphatic carbocycles. The van der Waals surface area contributed by atoms with Crippen LogP contribution in [0, 0.1) is 6.92 Å². The van der Waals surface area contributed by atoms with Crippen LogP contribution in [0.15, 0.2) is 36.4 Å². The summed E-state index contributed by atoms with van der Waals surface area (Å²) in [7, 11) is 0. The van der Waals surface area contributed by atoms with Crippen molar-refractivity contribution in [2.45, 2.75) is 52.4 Å². The summed E-state index contributed by atoms with van der Waals surface area (Å²) in [5.41, 5.74) is 2.60. The molecule has 2 heteroatoms. The van der Waals surface area contributed by atoms with E-state index in [4.69, 9.17) is 0 Å². The third-order valence-corrected chi connectivity index (χ3v) is 4.73. The van der Waals surface area contributed by atoms with E-state index in [0.717, 1.165) is 12.0 Å². The molecule has 0 amide bonds. The summed E-state index contributed by atoms with van der Waals surface area (Å²) in [6, 6.07) is 12.7. The average Bonchev–Trinajstić information content (AvgIpc) is 2.82. The third kappa shape index (κ3) is 4.82. The third-order valence-electron chi connectivity index (χ3n) is 3.67. The van der Waals surface area contributed by atoms with Crippen LogP contribution in [-0.4, -0.2) is 5.78 Å². The fourth-order valence-corrected chi connectivity index (χ4v) is 3.21. The van der Waals surface area contributed by atoms with E-state index in [-0.39, 0.29) is 5.41 Å². The van der Waals surface area contributed by atoms with Crippen LogP contribution in [0.3, 0.4) is 0 Å². The van der Waals surface area contributed by atoms with Crippen molar-refractivity contribution in [3.63, 3.8) is 0 Å². The second-order valence-corrected chi connectivity index (χ2v) is 8.05. The molecule has 0 N–H and O–H groups in total. The number of benzene rings is 1. The van der Waals surface area contributed by atoms with Crippen LogP contribution in [-0.2, 0) is 23.1 Å². The van der Waals surface area contributed by atoms with Gasteiger partial charge in [0.05, 0.1) is 0 Å². The van der Waals surface area contributed by atoms with Gasteiger partial charge in [-0.2, -0.15) is 0 Å². The zero-order chi connectivity index (χ0) is 15.5. The second-order valence-electron chi connectivity index (χ2n) is 6.67. The molecule has 0 fully saturated rings. The SMILES string of the molecule is Cc1ccc(CCC(=O)Cc2ccc(C(C)(C)C)cc2)s1. The summed E-state index contributed by atoms with van der Waals surface area (Å²) < 4.78 is 0. The van der Waals surface area contributed by atoms with Gasteiger partial charge in [0.1, 0.15) is 5.78 Å². The molecule has 0 aliphatic heterocycles. The van der Waals surface area contributed by atoms with Gasteiger partial charge in [0.25, 0.3) is 0 Å². The molecule has 0 saturated heterocycles. The van der Waals surface area contributed by atoms with Crippen molar-refractivity contribution in [1.82, 2.24) is 0 Å². The van der Waals surface area contributed by atoms with Gasteiger partial charge in [-0.25, -0.2) is 0 Å². The fourth-order valence-electron chi connectivity index (χ4n) is 2.32. The second kappa shape index (κ2) is 6.57. The minimum absolute atomic E-state index is 0.166. The molecule has 1 aromatic heterocycles. The van der Waals surface area contributed by atoms with E-state index in [1.807, 2.05) is 0 Å². The molecule has 0 atom stereocenters. The lowest BCUT2D eigenvalue weighted by atomic mass is 9.86. The fraction of sp³-hybridized carbons (Fsp3) is 0.421. The highest BCUT2D eigenvalue weighted by molar-refractivity contribution is 7.11. The molecule has 2 aromatic rings. The Morgan fingerprint density at radius 2 is 1.71 bits per heavy atom. The van der Waals surface area contributed by atoms with Crippen LogP contribution >= 0.6 is 11.3 Å². The van der Waals surface area contributed by atoms with Gasteiger partial charge in [-0.15, -0.1) is 11.3 Å². The van der Waals surface area contributed by atoms with Crippen LogP contribution in [0.4, 0.5) is 0 Å². The van der Waals surface area contributed by atoms with E-state index in [1.54, 1.807) is 11.3 Å². The van der Waals surface area contributed by atoms with Crippen LogP contribution in [0.25, 0.3) is 0 Å². The highest BCUT2D eigenvalue weighted by Gasteiger charge is 2.13. The van der Waals surface area contributed by atoms with Crippen molar-refractivity contribution < 1.29 is 4.79 Å². The number of hydrogen-bond acceptors (Lipinski definition) is 2. The van der Waals surface area contributed by atoms with Gasteiger partial charge in [0.15, 0.2) is 0 Å². The molecule has 112 valence electrons. The van der Waals surface area contributed by atoms with Gasteiger partial charge in [-0.05, 0) is 42.0 Å². The van der Waals surface area contributed by atoms with Gasteiger partial charge in [-0.3, -0.25) is 4.79 Å². The molecule has 0 aliphatic rings. The first-order valence-electron chi connectivity index (χ1n) is 7.51. The standard InChI is InChI=1S/C19H24OS/c1-14-5-11-18(21-14)12-10-17(20)13-15-6-8-16(9-7-15)19(2,3)4/h5-9,11H,10,12-13H2,1-4H3. The Morgan fingerprint density at radius 1 is 1.05 bits per heavy atom. The number of carbonyl (C=O) groups is 1. The van der Waals surface area contributed by atoms with Gasteiger partial charge in [0, 0.05) is 22.6 Å². The smallest absolute Gasteiger partial charge is 0.137 e. The Hall–Kier alpha value is -1.41. The topological polar surface area (TPSA) is 17.1 Å². The number of ketones is 1. The molecular weight excluding hydrogens is 276 g/mol. The van der Waals surface area contributed by atoms with Crippen molar-refractivity contribution in [1.29, 1.82) is 0 Å². The van der Waals surface area contributed by atoms with Gasteiger partial charge in [-0.1, -0.05) is 45.0 Å². The van der Waals surface area contributed by atoms with E-state index < -0.39 is 0 Å². The van der Waals surface area contributed by atoms with Crippen molar-refractivity contribution in [3.05, 3.63) is 57.3 Å². The average molecular weight is 300 g/mol. The van der Waals surface area contributed by atoms with Gasteiger partial charge >= 0.3 is 0 Å². The minimum Gasteiger partial charge on any atom is -0.299 e. The normalized spacial score (nSPS) is 11.6. The largest absolute Gasteiger partial charge is 0.299 e. The Kier molecular flexibility index (Phi) is 5.00. The van der Waals surface area contributed by atoms with Gasteiger partial charge in [0.2, 0.25) is 0 Å². The highest BCUT2D eigenvalue weighted by Crippen LogP contribution is 2.22. The lowest BCUT2D eigenvalue weighted by Crippen LogP contribution is -2.11. The summed E-state index contributed by atoms with van der Waals surface area (Å²) in [6.07, 6.45) is 2.06. The number of aryl methyl sites for hydroxylation is 2. The number of carbonyl (C=O) groups excluding carboxylic acids is 1. The zero-order valence-corrected chi connectivity index (χ0v) is 14.2. The molecule has 2 rings (SSSR count). The Labute approximate surface area is 132 Å². The molecule has 1 aromatic carbocycles. The maximum absolute atomic E-state index is 12.1. The van der Waals surface area contributed by atoms with Crippen molar-refractivity contribution in [3.8, 4) is 0 Å². The highest BCUT2D eigenvalue weighted by atomic mass is 32.1. The summed E-state index contributed by atoms with van der Waals surface area (Å²) >= 11 is 1.79. The molecular formula is C19H24OS. The predicted molar refractivity (Wildman–Crippen MR) is 91.2 cm³/mol. The lowest BCUT2D eigenvalue weighted by Gasteiger charge is -2.19. The molecule has 0 bridgehead atoms. The summed E-state index contributed by atoms with van der Waals surface area (Å²) in [5.74, 6) is 0.324. The number of hydrogen-bond donors (Lipinski definition) is 0. The van der Waals surface area contributed by atoms with Crippen LogP contribution in [0.1, 0.15) is 48.1 Å². The summed E-state index contributed by atoms with van der Waals surface area (Å²) in [6.45, 7) is 8.72.